The topological polar surface area (TPSA) is 17.1 Å². The van der Waals surface area contributed by atoms with Gasteiger partial charge in [0.15, 0.2) is 5.78 Å². The standard InChI is InChI=1S/C15H10ClF3O/c1-8-2-3-9(11(16)4-8)5-14(20)15-12(18)6-10(17)7-13(15)19/h2-4,6-7H,5H2,1H3. The molecule has 0 amide bonds. The summed E-state index contributed by atoms with van der Waals surface area (Å²) in [6, 6.07) is 5.97. The number of hydrogen-bond donors (Lipinski definition) is 0. The lowest BCUT2D eigenvalue weighted by Gasteiger charge is -2.07. The Morgan fingerprint density at radius 2 is 1.70 bits per heavy atom. The first-order valence-electron chi connectivity index (χ1n) is 5.81. The normalized spacial score (nSPS) is 10.7. The van der Waals surface area contributed by atoms with Crippen LogP contribution in [0.3, 0.4) is 0 Å². The number of Topliss-reactive ketones (excluding diaryl/α,β-unsaturated/α-hetero) is 1. The van der Waals surface area contributed by atoms with Crippen molar-refractivity contribution in [2.24, 2.45) is 0 Å². The summed E-state index contributed by atoms with van der Waals surface area (Å²) in [6.45, 7) is 1.83. The fourth-order valence-electron chi connectivity index (χ4n) is 1.87. The molecule has 0 aliphatic carbocycles. The number of benzene rings is 2. The van der Waals surface area contributed by atoms with E-state index in [0.717, 1.165) is 5.56 Å². The minimum atomic E-state index is -1.21. The number of ketones is 1. The zero-order valence-corrected chi connectivity index (χ0v) is 11.3. The molecule has 0 saturated heterocycles. The smallest absolute Gasteiger partial charge is 0.173 e. The summed E-state index contributed by atoms with van der Waals surface area (Å²) in [5, 5.41) is 0.348. The van der Waals surface area contributed by atoms with Crippen LogP contribution in [0.25, 0.3) is 0 Å². The summed E-state index contributed by atoms with van der Waals surface area (Å²) in [4.78, 5) is 11.9. The number of hydrogen-bond acceptors (Lipinski definition) is 1. The first kappa shape index (κ1) is 14.6. The Morgan fingerprint density at radius 1 is 1.10 bits per heavy atom. The quantitative estimate of drug-likeness (QED) is 0.763. The van der Waals surface area contributed by atoms with Crippen LogP contribution in [0.1, 0.15) is 21.5 Å². The summed E-state index contributed by atoms with van der Waals surface area (Å²) in [7, 11) is 0. The lowest BCUT2D eigenvalue weighted by molar-refractivity contribution is 0.0984. The number of rotatable bonds is 3. The SMILES string of the molecule is Cc1ccc(CC(=O)c2c(F)cc(F)cc2F)c(Cl)c1. The van der Waals surface area contributed by atoms with E-state index in [0.29, 0.717) is 22.7 Å². The molecule has 2 aromatic rings. The second kappa shape index (κ2) is 5.67. The molecule has 2 aromatic carbocycles. The van der Waals surface area contributed by atoms with E-state index in [2.05, 4.69) is 0 Å². The second-order valence-corrected chi connectivity index (χ2v) is 4.85. The van der Waals surface area contributed by atoms with E-state index in [1.54, 1.807) is 18.2 Å². The molecule has 2 rings (SSSR count). The molecule has 0 fully saturated rings. The summed E-state index contributed by atoms with van der Waals surface area (Å²) in [6.07, 6.45) is -0.251. The van der Waals surface area contributed by atoms with E-state index in [-0.39, 0.29) is 6.42 Å². The van der Waals surface area contributed by atoms with Crippen LogP contribution in [0, 0.1) is 24.4 Å². The van der Waals surface area contributed by atoms with Gasteiger partial charge in [0.25, 0.3) is 0 Å². The van der Waals surface area contributed by atoms with Crippen molar-refractivity contribution >= 4 is 17.4 Å². The third-order valence-electron chi connectivity index (χ3n) is 2.85. The van der Waals surface area contributed by atoms with Gasteiger partial charge in [-0.3, -0.25) is 4.79 Å². The third-order valence-corrected chi connectivity index (χ3v) is 3.20. The Labute approximate surface area is 119 Å². The zero-order chi connectivity index (χ0) is 14.9. The Hall–Kier alpha value is -1.81. The predicted octanol–water partition coefficient (Wildman–Crippen LogP) is 4.49. The van der Waals surface area contributed by atoms with Crippen molar-refractivity contribution < 1.29 is 18.0 Å². The largest absolute Gasteiger partial charge is 0.294 e. The fourth-order valence-corrected chi connectivity index (χ4v) is 2.17. The lowest BCUT2D eigenvalue weighted by atomic mass is 10.0. The average Bonchev–Trinajstić information content (AvgIpc) is 2.31. The number of carbonyl (C=O) groups is 1. The molecule has 104 valence electrons. The van der Waals surface area contributed by atoms with E-state index in [4.69, 9.17) is 11.6 Å². The maximum atomic E-state index is 13.5. The predicted molar refractivity (Wildman–Crippen MR) is 70.5 cm³/mol. The van der Waals surface area contributed by atoms with Gasteiger partial charge in [-0.2, -0.15) is 0 Å². The van der Waals surface area contributed by atoms with E-state index in [1.807, 2.05) is 6.92 Å². The highest BCUT2D eigenvalue weighted by Crippen LogP contribution is 2.22. The van der Waals surface area contributed by atoms with Crippen LogP contribution in [0.2, 0.25) is 5.02 Å². The Balaban J connectivity index is 2.33. The van der Waals surface area contributed by atoms with Gasteiger partial charge in [-0.05, 0) is 24.1 Å². The van der Waals surface area contributed by atoms with Gasteiger partial charge in [-0.15, -0.1) is 0 Å². The molecule has 0 aliphatic heterocycles. The van der Waals surface area contributed by atoms with Gasteiger partial charge in [0.1, 0.15) is 17.5 Å². The second-order valence-electron chi connectivity index (χ2n) is 4.44. The van der Waals surface area contributed by atoms with Gasteiger partial charge in [0, 0.05) is 23.6 Å². The van der Waals surface area contributed by atoms with Crippen molar-refractivity contribution in [2.45, 2.75) is 13.3 Å². The lowest BCUT2D eigenvalue weighted by Crippen LogP contribution is -2.10. The van der Waals surface area contributed by atoms with Gasteiger partial charge in [-0.25, -0.2) is 13.2 Å². The summed E-state index contributed by atoms with van der Waals surface area (Å²) in [5.41, 5.74) is 0.624. The molecule has 0 aromatic heterocycles. The average molecular weight is 299 g/mol. The van der Waals surface area contributed by atoms with Crippen molar-refractivity contribution in [1.82, 2.24) is 0 Å². The fraction of sp³-hybridized carbons (Fsp3) is 0.133. The molecule has 0 unspecified atom stereocenters. The monoisotopic (exact) mass is 298 g/mol. The van der Waals surface area contributed by atoms with Crippen LogP contribution >= 0.6 is 11.6 Å². The maximum absolute atomic E-state index is 13.5. The molecular formula is C15H10ClF3O. The summed E-state index contributed by atoms with van der Waals surface area (Å²) in [5.74, 6) is -4.28. The van der Waals surface area contributed by atoms with E-state index in [1.165, 1.54) is 0 Å². The molecule has 0 spiro atoms. The molecule has 0 atom stereocenters. The first-order chi connectivity index (χ1) is 9.38. The van der Waals surface area contributed by atoms with E-state index >= 15 is 0 Å². The highest BCUT2D eigenvalue weighted by Gasteiger charge is 2.20. The molecule has 0 saturated carbocycles. The molecule has 1 nitrogen and oxygen atoms in total. The molecular weight excluding hydrogens is 289 g/mol. The Kier molecular flexibility index (Phi) is 4.14. The highest BCUT2D eigenvalue weighted by atomic mass is 35.5. The van der Waals surface area contributed by atoms with Gasteiger partial charge in [0.05, 0.1) is 5.56 Å². The number of carbonyl (C=O) groups excluding carboxylic acids is 1. The van der Waals surface area contributed by atoms with Gasteiger partial charge < -0.3 is 0 Å². The molecule has 5 heteroatoms. The van der Waals surface area contributed by atoms with Crippen molar-refractivity contribution in [2.75, 3.05) is 0 Å². The van der Waals surface area contributed by atoms with Crippen molar-refractivity contribution in [3.63, 3.8) is 0 Å². The van der Waals surface area contributed by atoms with Gasteiger partial charge in [0.2, 0.25) is 0 Å². The number of halogens is 4. The summed E-state index contributed by atoms with van der Waals surface area (Å²) >= 11 is 5.97. The minimum Gasteiger partial charge on any atom is -0.294 e. The molecule has 20 heavy (non-hydrogen) atoms. The van der Waals surface area contributed by atoms with E-state index in [9.17, 15) is 18.0 Å². The third kappa shape index (κ3) is 3.02. The van der Waals surface area contributed by atoms with Crippen LogP contribution in [0.4, 0.5) is 13.2 Å². The molecule has 0 heterocycles. The van der Waals surface area contributed by atoms with Crippen molar-refractivity contribution in [3.8, 4) is 0 Å². The van der Waals surface area contributed by atoms with Crippen LogP contribution < -0.4 is 0 Å². The van der Waals surface area contributed by atoms with Crippen molar-refractivity contribution in [3.05, 3.63) is 69.5 Å². The van der Waals surface area contributed by atoms with Crippen molar-refractivity contribution in [1.29, 1.82) is 0 Å². The molecule has 0 radical (unpaired) electrons. The van der Waals surface area contributed by atoms with Crippen LogP contribution in [0.5, 0.6) is 0 Å². The Morgan fingerprint density at radius 3 is 2.25 bits per heavy atom. The molecule has 0 aliphatic rings. The Bertz CT molecular complexity index is 660. The minimum absolute atomic E-state index is 0.251. The first-order valence-corrected chi connectivity index (χ1v) is 6.19. The summed E-state index contributed by atoms with van der Waals surface area (Å²) < 4.78 is 39.8. The van der Waals surface area contributed by atoms with Crippen LogP contribution in [-0.4, -0.2) is 5.78 Å². The molecule has 0 N–H and O–H groups in total. The maximum Gasteiger partial charge on any atom is 0.173 e. The zero-order valence-electron chi connectivity index (χ0n) is 10.5. The highest BCUT2D eigenvalue weighted by molar-refractivity contribution is 6.31. The van der Waals surface area contributed by atoms with E-state index < -0.39 is 28.8 Å². The van der Waals surface area contributed by atoms with Gasteiger partial charge in [-0.1, -0.05) is 23.7 Å². The van der Waals surface area contributed by atoms with Crippen LogP contribution in [-0.2, 0) is 6.42 Å². The molecule has 0 bridgehead atoms. The van der Waals surface area contributed by atoms with Gasteiger partial charge >= 0.3 is 0 Å². The van der Waals surface area contributed by atoms with Crippen LogP contribution in [0.15, 0.2) is 30.3 Å². The number of aryl methyl sites for hydroxylation is 1.